The van der Waals surface area contributed by atoms with Gasteiger partial charge >= 0.3 is 72.3 Å². The third-order valence-corrected chi connectivity index (χ3v) is 7.65. The molecule has 0 radical (unpaired) electrons. The van der Waals surface area contributed by atoms with Crippen LogP contribution in [0, 0.1) is 0 Å². The Morgan fingerprint density at radius 1 is 0.641 bits per heavy atom. The van der Waals surface area contributed by atoms with Crippen LogP contribution in [0.25, 0.3) is 0 Å². The van der Waals surface area contributed by atoms with Crippen LogP contribution in [0.1, 0.15) is 142 Å². The minimum atomic E-state index is -3.57. The fourth-order valence-corrected chi connectivity index (χ4v) is 5.01. The van der Waals surface area contributed by atoms with E-state index in [0.717, 1.165) is 19.4 Å². The Morgan fingerprint density at radius 3 is 1.33 bits per heavy atom. The molecule has 1 aromatic rings. The van der Waals surface area contributed by atoms with E-state index < -0.39 is 10.1 Å². The summed E-state index contributed by atoms with van der Waals surface area (Å²) in [6.07, 6.45) is 26.2. The van der Waals surface area contributed by atoms with Crippen molar-refractivity contribution in [2.24, 2.45) is 5.73 Å². The molecule has 39 heavy (non-hydrogen) atoms. The van der Waals surface area contributed by atoms with Gasteiger partial charge in [0.2, 0.25) is 0 Å². The molecule has 0 aliphatic heterocycles. The van der Waals surface area contributed by atoms with Gasteiger partial charge in [0.25, 0.3) is 10.1 Å². The van der Waals surface area contributed by atoms with Crippen LogP contribution in [0.3, 0.4) is 0 Å². The molecule has 0 saturated heterocycles. The van der Waals surface area contributed by atoms with Gasteiger partial charge in [-0.2, -0.15) is 8.42 Å². The van der Waals surface area contributed by atoms with Crippen molar-refractivity contribution in [3.05, 3.63) is 30.3 Å². The van der Waals surface area contributed by atoms with E-state index in [4.69, 9.17) is 9.92 Å². The molecule has 0 heterocycles. The van der Waals surface area contributed by atoms with Crippen molar-refractivity contribution < 1.29 is 27.5 Å². The second kappa shape index (κ2) is 37.5. The molecule has 0 aromatic heterocycles. The quantitative estimate of drug-likeness (QED) is 0.0693. The van der Waals surface area contributed by atoms with Crippen LogP contribution in [0.4, 0.5) is 0 Å². The number of benzene rings is 1. The van der Waals surface area contributed by atoms with Crippen molar-refractivity contribution in [3.63, 3.8) is 0 Å². The summed E-state index contributed by atoms with van der Waals surface area (Å²) < 4.78 is 28.8. The van der Waals surface area contributed by atoms with Crippen LogP contribution in [0.15, 0.2) is 35.2 Å². The molecule has 0 aliphatic carbocycles. The number of unbranched alkanes of at least 4 members (excludes halogenated alkanes) is 18. The van der Waals surface area contributed by atoms with Gasteiger partial charge in [-0.3, -0.25) is 4.18 Å². The summed E-state index contributed by atoms with van der Waals surface area (Å²) in [5.41, 5.74) is 5.42. The average molecular weight is 714 g/mol. The maximum absolute atomic E-state index is 11.9. The van der Waals surface area contributed by atoms with Crippen LogP contribution in [-0.2, 0) is 29.2 Å². The number of nitrogens with two attached hydrogens (primary N) is 1. The SMILES string of the molecule is CCCCCCCCCCCCN.CCCCCCCCCCCCOS(=O)(=O)c1ccccc1.[CaH2].[S]=[Mo]=[S]. The zero-order valence-corrected chi connectivity index (χ0v) is 28.8. The van der Waals surface area contributed by atoms with Gasteiger partial charge in [-0.1, -0.05) is 148 Å². The average Bonchev–Trinajstić information content (AvgIpc) is 2.92. The van der Waals surface area contributed by atoms with Gasteiger partial charge in [-0.25, -0.2) is 0 Å². The fraction of sp³-hybridized carbons (Fsp3) is 0.800. The topological polar surface area (TPSA) is 69.4 Å². The minimum absolute atomic E-state index is 0. The molecule has 9 heteroatoms. The van der Waals surface area contributed by atoms with Gasteiger partial charge in [0.15, 0.2) is 0 Å². The number of hydrogen-bond acceptors (Lipinski definition) is 6. The van der Waals surface area contributed by atoms with Gasteiger partial charge in [0.1, 0.15) is 0 Å². The molecule has 0 saturated carbocycles. The Morgan fingerprint density at radius 2 is 0.974 bits per heavy atom. The first-order valence-corrected chi connectivity index (χ1v) is 22.1. The molecule has 0 atom stereocenters. The molecule has 0 spiro atoms. The van der Waals surface area contributed by atoms with E-state index in [1.165, 1.54) is 116 Å². The fourth-order valence-electron chi connectivity index (χ4n) is 4.05. The summed E-state index contributed by atoms with van der Waals surface area (Å²) in [7, 11) is 5.11. The molecule has 0 bridgehead atoms. The van der Waals surface area contributed by atoms with Gasteiger partial charge in [0.05, 0.1) is 11.5 Å². The van der Waals surface area contributed by atoms with E-state index in [1.807, 2.05) is 0 Å². The molecule has 0 amide bonds. The van der Waals surface area contributed by atoms with Gasteiger partial charge in [-0.15, -0.1) is 0 Å². The first kappa shape index (κ1) is 44.9. The van der Waals surface area contributed by atoms with E-state index >= 15 is 0 Å². The van der Waals surface area contributed by atoms with Crippen molar-refractivity contribution in [1.82, 2.24) is 0 Å². The standard InChI is InChI=1S/C18H30O3S.C12H27N.Ca.Mo.2S.2H/c1-2-3-4-5-6-7-8-9-10-14-17-21-22(19,20)18-15-12-11-13-16-18;1-2-3-4-5-6-7-8-9-10-11-12-13;;;;;;/h11-13,15-16H,2-10,14,17H2,1H3;2-13H2,1H3;;;;;;. The normalized spacial score (nSPS) is 10.4. The van der Waals surface area contributed by atoms with Crippen molar-refractivity contribution in [1.29, 1.82) is 0 Å². The Balaban J connectivity index is -0.000000652. The molecular formula is C30H59CaMoNO3S3. The summed E-state index contributed by atoms with van der Waals surface area (Å²) >= 11 is -0.363. The van der Waals surface area contributed by atoms with E-state index in [0.29, 0.717) is 0 Å². The Hall–Kier alpha value is 1.48. The predicted molar refractivity (Wildman–Crippen MR) is 176 cm³/mol. The van der Waals surface area contributed by atoms with Crippen molar-refractivity contribution in [2.75, 3.05) is 13.2 Å². The van der Waals surface area contributed by atoms with Crippen LogP contribution < -0.4 is 5.73 Å². The summed E-state index contributed by atoms with van der Waals surface area (Å²) in [5.74, 6) is 0. The second-order valence-electron chi connectivity index (χ2n) is 9.81. The van der Waals surface area contributed by atoms with E-state index in [2.05, 4.69) is 33.5 Å². The Labute approximate surface area is 288 Å². The van der Waals surface area contributed by atoms with Gasteiger partial charge in [-0.05, 0) is 31.5 Å². The van der Waals surface area contributed by atoms with Crippen molar-refractivity contribution in [3.8, 4) is 0 Å². The van der Waals surface area contributed by atoms with E-state index in [9.17, 15) is 8.42 Å². The van der Waals surface area contributed by atoms with Crippen LogP contribution in [-0.4, -0.2) is 59.3 Å². The Kier molecular flexibility index (Phi) is 43.2. The molecule has 0 aliphatic rings. The zero-order chi connectivity index (χ0) is 28.6. The molecule has 1 rings (SSSR count). The van der Waals surface area contributed by atoms with Crippen molar-refractivity contribution in [2.45, 2.75) is 147 Å². The molecular weight excluding hydrogens is 655 g/mol. The first-order valence-electron chi connectivity index (χ1n) is 15.1. The number of hydrogen-bond donors (Lipinski definition) is 1. The summed E-state index contributed by atoms with van der Waals surface area (Å²) in [5, 5.41) is 0. The van der Waals surface area contributed by atoms with E-state index in [-0.39, 0.29) is 64.2 Å². The molecule has 4 nitrogen and oxygen atoms in total. The molecule has 2 N–H and O–H groups in total. The predicted octanol–water partition coefficient (Wildman–Crippen LogP) is 9.56. The molecule has 1 aromatic carbocycles. The molecule has 0 fully saturated rings. The summed E-state index contributed by atoms with van der Waals surface area (Å²) in [6.45, 7) is 5.66. The third-order valence-electron chi connectivity index (χ3n) is 6.33. The van der Waals surface area contributed by atoms with Crippen molar-refractivity contribution >= 4 is 67.5 Å². The second-order valence-corrected chi connectivity index (χ2v) is 15.0. The van der Waals surface area contributed by atoms with Gasteiger partial charge in [0, 0.05) is 0 Å². The molecule has 228 valence electrons. The zero-order valence-electron chi connectivity index (χ0n) is 24.4. The van der Waals surface area contributed by atoms with Crippen LogP contribution in [0.2, 0.25) is 0 Å². The van der Waals surface area contributed by atoms with Crippen LogP contribution in [0.5, 0.6) is 0 Å². The van der Waals surface area contributed by atoms with E-state index in [1.54, 1.807) is 30.3 Å². The summed E-state index contributed by atoms with van der Waals surface area (Å²) in [6, 6.07) is 8.33. The third kappa shape index (κ3) is 35.6. The molecule has 0 unspecified atom stereocenters. The number of rotatable bonds is 23. The maximum atomic E-state index is 11.9. The summed E-state index contributed by atoms with van der Waals surface area (Å²) in [4.78, 5) is 0.238. The van der Waals surface area contributed by atoms with Gasteiger partial charge < -0.3 is 5.73 Å². The van der Waals surface area contributed by atoms with Crippen LogP contribution >= 0.6 is 19.6 Å². The first-order chi connectivity index (χ1) is 18.5. The monoisotopic (exact) mass is 715 g/mol. The Bertz CT molecular complexity index is 724.